The van der Waals surface area contributed by atoms with Gasteiger partial charge < -0.3 is 15.0 Å². The molecule has 3 rings (SSSR count). The Morgan fingerprint density at radius 3 is 2.70 bits per heavy atom. The zero-order valence-electron chi connectivity index (χ0n) is 16.3. The summed E-state index contributed by atoms with van der Waals surface area (Å²) in [5.74, 6) is -0.633. The molecule has 2 bridgehead atoms. The van der Waals surface area contributed by atoms with Crippen molar-refractivity contribution in [2.45, 2.75) is 50.3 Å². The molecule has 0 amide bonds. The summed E-state index contributed by atoms with van der Waals surface area (Å²) in [5, 5.41) is 0.686. The van der Waals surface area contributed by atoms with Gasteiger partial charge in [-0.15, -0.1) is 0 Å². The van der Waals surface area contributed by atoms with Crippen LogP contribution in [-0.4, -0.2) is 55.9 Å². The molecule has 1 aromatic carbocycles. The van der Waals surface area contributed by atoms with Crippen molar-refractivity contribution in [2.75, 3.05) is 26.9 Å². The van der Waals surface area contributed by atoms with Gasteiger partial charge in [0.05, 0.1) is 18.6 Å². The SMILES string of the molecule is CN1C2CCC1[C@@H](C(=O)OCCCCN)[C@@H](OP(C)(=O)c1ccccc1)C2. The highest BCUT2D eigenvalue weighted by Gasteiger charge is 2.51. The summed E-state index contributed by atoms with van der Waals surface area (Å²) in [4.78, 5) is 15.2. The molecule has 150 valence electrons. The van der Waals surface area contributed by atoms with E-state index >= 15 is 0 Å². The predicted molar refractivity (Wildman–Crippen MR) is 106 cm³/mol. The lowest BCUT2D eigenvalue weighted by atomic mass is 9.88. The Labute approximate surface area is 161 Å². The zero-order chi connectivity index (χ0) is 19.4. The lowest BCUT2D eigenvalue weighted by Crippen LogP contribution is -2.53. The minimum Gasteiger partial charge on any atom is -0.465 e. The monoisotopic (exact) mass is 394 g/mol. The van der Waals surface area contributed by atoms with Gasteiger partial charge in [-0.25, -0.2) is 0 Å². The summed E-state index contributed by atoms with van der Waals surface area (Å²) in [5.41, 5.74) is 5.50. The van der Waals surface area contributed by atoms with E-state index in [1.165, 1.54) is 0 Å². The van der Waals surface area contributed by atoms with Crippen LogP contribution in [-0.2, 0) is 18.6 Å². The van der Waals surface area contributed by atoms with E-state index in [1.807, 2.05) is 30.3 Å². The minimum atomic E-state index is -3.01. The minimum absolute atomic E-state index is 0.0894. The Hall–Kier alpha value is -1.20. The standard InChI is InChI=1S/C20H31N2O4P/c1-22-15-10-11-17(22)19(20(23)25-13-7-6-12-21)18(14-15)26-27(2,24)16-8-4-3-5-9-16/h3-5,8-9,15,17-19H,6-7,10-14,21H2,1-2H3/t15?,17?,18-,19+,27?/m0/s1. The number of carbonyl (C=O) groups is 1. The Balaban J connectivity index is 1.75. The number of esters is 1. The van der Waals surface area contributed by atoms with Crippen LogP contribution in [0.15, 0.2) is 30.3 Å². The van der Waals surface area contributed by atoms with Crippen LogP contribution in [0.1, 0.15) is 32.1 Å². The topological polar surface area (TPSA) is 81.9 Å². The molecule has 0 spiro atoms. The molecule has 2 fully saturated rings. The maximum Gasteiger partial charge on any atom is 0.313 e. The summed E-state index contributed by atoms with van der Waals surface area (Å²) in [6.07, 6.45) is 3.92. The summed E-state index contributed by atoms with van der Waals surface area (Å²) < 4.78 is 25.0. The van der Waals surface area contributed by atoms with Gasteiger partial charge in [-0.05, 0) is 57.8 Å². The first-order valence-electron chi connectivity index (χ1n) is 9.84. The average Bonchev–Trinajstić information content (AvgIpc) is 2.89. The Morgan fingerprint density at radius 1 is 1.26 bits per heavy atom. The maximum absolute atomic E-state index is 13.3. The van der Waals surface area contributed by atoms with Crippen molar-refractivity contribution in [1.82, 2.24) is 4.90 Å². The number of carbonyl (C=O) groups excluding carboxylic acids is 1. The number of benzene rings is 1. The highest BCUT2D eigenvalue weighted by atomic mass is 31.2. The molecule has 2 aliphatic rings. The first-order valence-corrected chi connectivity index (χ1v) is 11.9. The second-order valence-electron chi connectivity index (χ2n) is 7.71. The van der Waals surface area contributed by atoms with Crippen LogP contribution in [0.4, 0.5) is 0 Å². The van der Waals surface area contributed by atoms with Gasteiger partial charge in [-0.2, -0.15) is 0 Å². The van der Waals surface area contributed by atoms with E-state index in [2.05, 4.69) is 11.9 Å². The van der Waals surface area contributed by atoms with Crippen LogP contribution in [0, 0.1) is 5.92 Å². The average molecular weight is 394 g/mol. The van der Waals surface area contributed by atoms with Gasteiger partial charge in [-0.3, -0.25) is 14.3 Å². The van der Waals surface area contributed by atoms with Gasteiger partial charge in [0.1, 0.15) is 0 Å². The van der Waals surface area contributed by atoms with Gasteiger partial charge in [0.15, 0.2) is 0 Å². The number of nitrogens with two attached hydrogens (primary N) is 1. The predicted octanol–water partition coefficient (Wildman–Crippen LogP) is 2.37. The molecular weight excluding hydrogens is 363 g/mol. The van der Waals surface area contributed by atoms with Gasteiger partial charge >= 0.3 is 5.97 Å². The van der Waals surface area contributed by atoms with E-state index < -0.39 is 13.3 Å². The molecule has 3 unspecified atom stereocenters. The van der Waals surface area contributed by atoms with E-state index in [-0.39, 0.29) is 18.1 Å². The van der Waals surface area contributed by atoms with Crippen LogP contribution < -0.4 is 11.0 Å². The van der Waals surface area contributed by atoms with Crippen molar-refractivity contribution in [3.8, 4) is 0 Å². The molecule has 7 heteroatoms. The van der Waals surface area contributed by atoms with Crippen LogP contribution in [0.5, 0.6) is 0 Å². The van der Waals surface area contributed by atoms with Gasteiger partial charge in [0.2, 0.25) is 7.37 Å². The Bertz CT molecular complexity index is 684. The largest absolute Gasteiger partial charge is 0.465 e. The third-order valence-corrected chi connectivity index (χ3v) is 7.80. The van der Waals surface area contributed by atoms with E-state index in [0.717, 1.165) is 25.7 Å². The molecule has 5 atom stereocenters. The lowest BCUT2D eigenvalue weighted by Gasteiger charge is -2.42. The van der Waals surface area contributed by atoms with E-state index in [1.54, 1.807) is 6.66 Å². The number of ether oxygens (including phenoxy) is 1. The van der Waals surface area contributed by atoms with E-state index in [0.29, 0.717) is 30.9 Å². The molecule has 2 heterocycles. The highest BCUT2D eigenvalue weighted by Crippen LogP contribution is 2.49. The number of piperidine rings is 1. The molecule has 2 N–H and O–H groups in total. The molecule has 2 saturated heterocycles. The van der Waals surface area contributed by atoms with Crippen molar-refractivity contribution < 1.29 is 18.6 Å². The molecule has 0 radical (unpaired) electrons. The van der Waals surface area contributed by atoms with Crippen molar-refractivity contribution in [3.05, 3.63) is 30.3 Å². The molecule has 0 aliphatic carbocycles. The molecule has 0 aromatic heterocycles. The van der Waals surface area contributed by atoms with Crippen LogP contribution >= 0.6 is 7.37 Å². The second kappa shape index (κ2) is 8.87. The maximum atomic E-state index is 13.3. The molecule has 2 aliphatic heterocycles. The smallest absolute Gasteiger partial charge is 0.313 e. The fourth-order valence-corrected chi connectivity index (χ4v) is 5.94. The number of hydrogen-bond acceptors (Lipinski definition) is 6. The fraction of sp³-hybridized carbons (Fsp3) is 0.650. The molecule has 6 nitrogen and oxygen atoms in total. The van der Waals surface area contributed by atoms with Crippen LogP contribution in [0.25, 0.3) is 0 Å². The molecule has 0 saturated carbocycles. The first-order chi connectivity index (χ1) is 12.9. The van der Waals surface area contributed by atoms with Gasteiger partial charge in [0, 0.05) is 24.1 Å². The van der Waals surface area contributed by atoms with Crippen molar-refractivity contribution >= 4 is 18.6 Å². The molecule has 27 heavy (non-hydrogen) atoms. The Morgan fingerprint density at radius 2 is 2.00 bits per heavy atom. The van der Waals surface area contributed by atoms with Crippen molar-refractivity contribution in [2.24, 2.45) is 11.7 Å². The number of hydrogen-bond donors (Lipinski definition) is 1. The van der Waals surface area contributed by atoms with E-state index in [9.17, 15) is 9.36 Å². The second-order valence-corrected chi connectivity index (χ2v) is 10.1. The fourth-order valence-electron chi connectivity index (χ4n) is 4.37. The summed E-state index contributed by atoms with van der Waals surface area (Å²) in [6.45, 7) is 2.61. The van der Waals surface area contributed by atoms with E-state index in [4.69, 9.17) is 15.0 Å². The van der Waals surface area contributed by atoms with Crippen molar-refractivity contribution in [3.63, 3.8) is 0 Å². The van der Waals surface area contributed by atoms with Crippen LogP contribution in [0.2, 0.25) is 0 Å². The number of unbranched alkanes of at least 4 members (excludes halogenated alkanes) is 1. The number of fused-ring (bicyclic) bond motifs is 2. The number of rotatable bonds is 8. The number of nitrogens with zero attached hydrogens (tertiary/aromatic N) is 1. The quantitative estimate of drug-likeness (QED) is 0.414. The summed E-state index contributed by atoms with van der Waals surface area (Å²) in [7, 11) is -0.949. The Kier molecular flexibility index (Phi) is 6.74. The van der Waals surface area contributed by atoms with Gasteiger partial charge in [0.25, 0.3) is 0 Å². The lowest BCUT2D eigenvalue weighted by molar-refractivity contribution is -0.157. The molecule has 1 aromatic rings. The third-order valence-electron chi connectivity index (χ3n) is 5.89. The van der Waals surface area contributed by atoms with Crippen molar-refractivity contribution in [1.29, 1.82) is 0 Å². The highest BCUT2D eigenvalue weighted by molar-refractivity contribution is 7.66. The van der Waals surface area contributed by atoms with Crippen LogP contribution in [0.3, 0.4) is 0 Å². The molecular formula is C20H31N2O4P. The first kappa shape index (κ1) is 20.5. The van der Waals surface area contributed by atoms with Gasteiger partial charge in [-0.1, -0.05) is 18.2 Å². The zero-order valence-corrected chi connectivity index (χ0v) is 17.1. The summed E-state index contributed by atoms with van der Waals surface area (Å²) in [6, 6.07) is 9.71. The third kappa shape index (κ3) is 4.62. The summed E-state index contributed by atoms with van der Waals surface area (Å²) >= 11 is 0. The normalized spacial score (nSPS) is 30.0.